The molecule has 0 radical (unpaired) electrons. The van der Waals surface area contributed by atoms with Gasteiger partial charge < -0.3 is 10.4 Å². The van der Waals surface area contributed by atoms with E-state index < -0.39 is 32.5 Å². The van der Waals surface area contributed by atoms with Crippen molar-refractivity contribution in [3.8, 4) is 0 Å². The number of hydrogen-bond donors (Lipinski definition) is 2. The Morgan fingerprint density at radius 3 is 2.13 bits per heavy atom. The van der Waals surface area contributed by atoms with Crippen LogP contribution in [-0.2, 0) is 25.8 Å². The average molecular weight is 341 g/mol. The minimum atomic E-state index is -3.34. The van der Waals surface area contributed by atoms with Crippen LogP contribution < -0.4 is 5.32 Å². The van der Waals surface area contributed by atoms with Crippen molar-refractivity contribution in [2.45, 2.75) is 56.2 Å². The zero-order valence-corrected chi connectivity index (χ0v) is 14.6. The molecule has 6 nitrogen and oxygen atoms in total. The molecule has 0 heterocycles. The first-order valence-corrected chi connectivity index (χ1v) is 8.95. The molecule has 0 saturated heterocycles. The van der Waals surface area contributed by atoms with Crippen LogP contribution in [0.2, 0.25) is 0 Å². The maximum Gasteiger partial charge on any atom is 0.329 e. The van der Waals surface area contributed by atoms with Crippen molar-refractivity contribution in [1.29, 1.82) is 0 Å². The number of carbonyl (C=O) groups is 2. The predicted octanol–water partition coefficient (Wildman–Crippen LogP) is 1.78. The third kappa shape index (κ3) is 4.54. The lowest BCUT2D eigenvalue weighted by Gasteiger charge is -2.24. The summed E-state index contributed by atoms with van der Waals surface area (Å²) in [6.45, 7) is 6.34. The highest BCUT2D eigenvalue weighted by Crippen LogP contribution is 2.17. The zero-order chi connectivity index (χ0) is 17.8. The molecule has 23 heavy (non-hydrogen) atoms. The normalized spacial score (nSPS) is 14.3. The Morgan fingerprint density at radius 1 is 1.22 bits per heavy atom. The van der Waals surface area contributed by atoms with Crippen LogP contribution in [0.3, 0.4) is 0 Å². The number of aliphatic carboxylic acids is 1. The molecule has 1 atom stereocenters. The van der Waals surface area contributed by atoms with Crippen LogP contribution in [0.25, 0.3) is 0 Å². The van der Waals surface area contributed by atoms with Gasteiger partial charge in [0.25, 0.3) is 0 Å². The highest BCUT2D eigenvalue weighted by molar-refractivity contribution is 7.92. The van der Waals surface area contributed by atoms with Gasteiger partial charge in [-0.2, -0.15) is 0 Å². The van der Waals surface area contributed by atoms with Crippen molar-refractivity contribution >= 4 is 21.7 Å². The second-order valence-electron chi connectivity index (χ2n) is 5.95. The Morgan fingerprint density at radius 2 is 1.74 bits per heavy atom. The number of carbonyl (C=O) groups excluding carboxylic acids is 1. The summed E-state index contributed by atoms with van der Waals surface area (Å²) in [5, 5.41) is 11.1. The highest BCUT2D eigenvalue weighted by atomic mass is 32.2. The van der Waals surface area contributed by atoms with Gasteiger partial charge in [0.15, 0.2) is 9.84 Å². The molecule has 0 aromatic heterocycles. The molecular formula is C16H23NO5S. The molecule has 0 aliphatic heterocycles. The fourth-order valence-corrected chi connectivity index (χ4v) is 2.96. The third-order valence-electron chi connectivity index (χ3n) is 3.83. The number of carboxylic acid groups (broad SMARTS) is 1. The van der Waals surface area contributed by atoms with Crippen molar-refractivity contribution < 1.29 is 23.1 Å². The van der Waals surface area contributed by atoms with Crippen LogP contribution in [0.1, 0.15) is 39.7 Å². The van der Waals surface area contributed by atoms with Gasteiger partial charge in [-0.05, 0) is 44.9 Å². The Bertz CT molecular complexity index is 679. The lowest BCUT2D eigenvalue weighted by Crippen LogP contribution is -2.52. The smallest absolute Gasteiger partial charge is 0.329 e. The summed E-state index contributed by atoms with van der Waals surface area (Å²) >= 11 is 0. The fraction of sp³-hybridized carbons (Fsp3) is 0.500. The quantitative estimate of drug-likeness (QED) is 0.787. The summed E-state index contributed by atoms with van der Waals surface area (Å²) in [6, 6.07) is 6.07. The van der Waals surface area contributed by atoms with E-state index in [-0.39, 0.29) is 17.7 Å². The van der Waals surface area contributed by atoms with E-state index in [1.165, 1.54) is 19.1 Å². The second-order valence-corrected chi connectivity index (χ2v) is 8.46. The Labute approximate surface area is 136 Å². The van der Waals surface area contributed by atoms with Crippen molar-refractivity contribution in [3.63, 3.8) is 0 Å². The third-order valence-corrected chi connectivity index (χ3v) is 6.00. The summed E-state index contributed by atoms with van der Waals surface area (Å²) in [4.78, 5) is 23.4. The van der Waals surface area contributed by atoms with Crippen LogP contribution in [0.15, 0.2) is 29.2 Å². The van der Waals surface area contributed by atoms with Crippen molar-refractivity contribution in [1.82, 2.24) is 5.32 Å². The maximum absolute atomic E-state index is 12.0. The molecule has 1 amide bonds. The lowest BCUT2D eigenvalue weighted by atomic mass is 9.98. The van der Waals surface area contributed by atoms with Gasteiger partial charge in [0.05, 0.1) is 16.6 Å². The Hall–Kier alpha value is -1.89. The molecule has 0 fully saturated rings. The molecule has 0 bridgehead atoms. The molecule has 1 unspecified atom stereocenters. The van der Waals surface area contributed by atoms with Crippen molar-refractivity contribution in [2.75, 3.05) is 0 Å². The molecule has 1 rings (SSSR count). The van der Waals surface area contributed by atoms with Gasteiger partial charge in [0.2, 0.25) is 5.91 Å². The summed E-state index contributed by atoms with van der Waals surface area (Å²) in [6.07, 6.45) is 0.254. The minimum absolute atomic E-state index is 0.00905. The first-order chi connectivity index (χ1) is 10.5. The molecule has 2 N–H and O–H groups in total. The summed E-state index contributed by atoms with van der Waals surface area (Å²) in [7, 11) is -3.34. The minimum Gasteiger partial charge on any atom is -0.480 e. The van der Waals surface area contributed by atoms with Gasteiger partial charge in [-0.15, -0.1) is 0 Å². The van der Waals surface area contributed by atoms with Gasteiger partial charge in [0, 0.05) is 0 Å². The largest absolute Gasteiger partial charge is 0.480 e. The van der Waals surface area contributed by atoms with E-state index >= 15 is 0 Å². The standard InChI is InChI=1S/C16H23NO5S/c1-5-16(4,15(19)20)17-14(18)10-12-6-8-13(9-7-12)23(21,22)11(2)3/h6-9,11H,5,10H2,1-4H3,(H,17,18)(H,19,20). The number of benzene rings is 1. The topological polar surface area (TPSA) is 101 Å². The zero-order valence-electron chi connectivity index (χ0n) is 13.8. The van der Waals surface area contributed by atoms with Gasteiger partial charge in [-0.25, -0.2) is 13.2 Å². The molecule has 0 saturated carbocycles. The van der Waals surface area contributed by atoms with Crippen LogP contribution >= 0.6 is 0 Å². The van der Waals surface area contributed by atoms with E-state index in [0.717, 1.165) is 0 Å². The van der Waals surface area contributed by atoms with Gasteiger partial charge in [0.1, 0.15) is 5.54 Å². The van der Waals surface area contributed by atoms with Crippen LogP contribution in [-0.4, -0.2) is 36.2 Å². The Kier molecular flexibility index (Phi) is 5.93. The summed E-state index contributed by atoms with van der Waals surface area (Å²) in [5.41, 5.74) is -0.688. The van der Waals surface area contributed by atoms with E-state index in [4.69, 9.17) is 5.11 Å². The highest BCUT2D eigenvalue weighted by Gasteiger charge is 2.32. The lowest BCUT2D eigenvalue weighted by molar-refractivity contribution is -0.146. The molecular weight excluding hydrogens is 318 g/mol. The number of nitrogens with one attached hydrogen (secondary N) is 1. The second kappa shape index (κ2) is 7.12. The van der Waals surface area contributed by atoms with Crippen LogP contribution in [0.5, 0.6) is 0 Å². The molecule has 0 spiro atoms. The van der Waals surface area contributed by atoms with E-state index in [1.54, 1.807) is 32.9 Å². The molecule has 0 aliphatic carbocycles. The maximum atomic E-state index is 12.0. The molecule has 0 aliphatic rings. The Balaban J connectivity index is 2.84. The molecule has 1 aromatic carbocycles. The van der Waals surface area contributed by atoms with E-state index in [1.807, 2.05) is 0 Å². The average Bonchev–Trinajstić information content (AvgIpc) is 2.47. The fourth-order valence-electron chi connectivity index (χ4n) is 1.90. The summed E-state index contributed by atoms with van der Waals surface area (Å²) < 4.78 is 24.0. The predicted molar refractivity (Wildman–Crippen MR) is 86.9 cm³/mol. The van der Waals surface area contributed by atoms with Gasteiger partial charge in [-0.3, -0.25) is 4.79 Å². The van der Waals surface area contributed by atoms with Crippen molar-refractivity contribution in [3.05, 3.63) is 29.8 Å². The van der Waals surface area contributed by atoms with Crippen molar-refractivity contribution in [2.24, 2.45) is 0 Å². The monoisotopic (exact) mass is 341 g/mol. The van der Waals surface area contributed by atoms with E-state index in [0.29, 0.717) is 5.56 Å². The number of sulfone groups is 1. The first-order valence-electron chi connectivity index (χ1n) is 7.40. The number of carboxylic acids is 1. The molecule has 128 valence electrons. The van der Waals surface area contributed by atoms with E-state index in [9.17, 15) is 18.0 Å². The summed E-state index contributed by atoms with van der Waals surface area (Å²) in [5.74, 6) is -1.51. The van der Waals surface area contributed by atoms with Crippen LogP contribution in [0, 0.1) is 0 Å². The van der Waals surface area contributed by atoms with Gasteiger partial charge in [-0.1, -0.05) is 19.1 Å². The van der Waals surface area contributed by atoms with Gasteiger partial charge >= 0.3 is 5.97 Å². The molecule has 1 aromatic rings. The van der Waals surface area contributed by atoms with Crippen LogP contribution in [0.4, 0.5) is 0 Å². The first kappa shape index (κ1) is 19.2. The number of amides is 1. The van der Waals surface area contributed by atoms with E-state index in [2.05, 4.69) is 5.32 Å². The molecule has 7 heteroatoms. The number of rotatable bonds is 7. The number of hydrogen-bond acceptors (Lipinski definition) is 4. The SMILES string of the molecule is CCC(C)(NC(=O)Cc1ccc(S(=O)(=O)C(C)C)cc1)C(=O)O.